The lowest BCUT2D eigenvalue weighted by Crippen LogP contribution is -2.42. The Labute approximate surface area is 191 Å². The smallest absolute Gasteiger partial charge is 0.330 e. The molecule has 0 bridgehead atoms. The van der Waals surface area contributed by atoms with Crippen LogP contribution in [0.5, 0.6) is 0 Å². The number of hydrogen-bond donors (Lipinski definition) is 3. The zero-order valence-electron chi connectivity index (χ0n) is 18.8. The Bertz CT molecular complexity index is 1150. The van der Waals surface area contributed by atoms with E-state index in [9.17, 15) is 19.2 Å². The van der Waals surface area contributed by atoms with Crippen molar-refractivity contribution in [2.75, 3.05) is 30.9 Å². The van der Waals surface area contributed by atoms with Crippen molar-refractivity contribution in [3.05, 3.63) is 62.3 Å². The van der Waals surface area contributed by atoms with Gasteiger partial charge in [-0.2, -0.15) is 0 Å². The summed E-state index contributed by atoms with van der Waals surface area (Å²) in [6.45, 7) is 2.40. The number of nitrogens with two attached hydrogens (primary N) is 1. The quantitative estimate of drug-likeness (QED) is 0.459. The predicted molar refractivity (Wildman–Crippen MR) is 126 cm³/mol. The molecule has 176 valence electrons. The van der Waals surface area contributed by atoms with Crippen LogP contribution in [0.25, 0.3) is 6.08 Å². The van der Waals surface area contributed by atoms with Crippen molar-refractivity contribution in [2.24, 2.45) is 0 Å². The second-order valence-electron chi connectivity index (χ2n) is 7.83. The molecule has 3 rings (SSSR count). The average molecular weight is 456 g/mol. The van der Waals surface area contributed by atoms with E-state index >= 15 is 0 Å². The van der Waals surface area contributed by atoms with Gasteiger partial charge in [-0.15, -0.1) is 0 Å². The number of carbonyl (C=O) groups is 2. The van der Waals surface area contributed by atoms with Crippen LogP contribution in [-0.4, -0.2) is 47.7 Å². The number of methoxy groups -OCH3 is 1. The molecule has 0 saturated heterocycles. The van der Waals surface area contributed by atoms with E-state index in [1.54, 1.807) is 30.3 Å². The van der Waals surface area contributed by atoms with E-state index in [1.807, 2.05) is 6.92 Å². The number of carbonyl (C=O) groups excluding carboxylic acids is 2. The standard InChI is InChI=1S/C23H29N5O5/c1-3-12-28-20(24)19(22(31)26-23(28)32)27(13-14-33-2)18(29)11-6-15-4-7-16(8-5-15)21(30)25-17-9-10-17/h4-8,11,17H,3,9-10,12-14,24H2,1-2H3,(H,25,30)(H,26,31,32)/b11-6+. The molecular formula is C23H29N5O5. The molecule has 10 heteroatoms. The molecule has 0 radical (unpaired) electrons. The van der Waals surface area contributed by atoms with Gasteiger partial charge in [-0.25, -0.2) is 4.79 Å². The summed E-state index contributed by atoms with van der Waals surface area (Å²) in [6, 6.07) is 7.11. The number of aromatic nitrogens is 2. The third kappa shape index (κ3) is 5.98. The monoisotopic (exact) mass is 455 g/mol. The van der Waals surface area contributed by atoms with Crippen molar-refractivity contribution in [3.63, 3.8) is 0 Å². The molecule has 1 aromatic carbocycles. The van der Waals surface area contributed by atoms with E-state index in [-0.39, 0.29) is 36.6 Å². The van der Waals surface area contributed by atoms with Crippen molar-refractivity contribution in [2.45, 2.75) is 38.8 Å². The van der Waals surface area contributed by atoms with Gasteiger partial charge in [0.1, 0.15) is 5.82 Å². The highest BCUT2D eigenvalue weighted by molar-refractivity contribution is 6.05. The number of anilines is 2. The molecular weight excluding hydrogens is 426 g/mol. The second kappa shape index (κ2) is 10.8. The normalized spacial score (nSPS) is 13.3. The Balaban J connectivity index is 1.83. The molecule has 4 N–H and O–H groups in total. The van der Waals surface area contributed by atoms with Crippen LogP contribution < -0.4 is 27.2 Å². The lowest BCUT2D eigenvalue weighted by atomic mass is 10.1. The molecule has 1 aliphatic carbocycles. The fourth-order valence-electron chi connectivity index (χ4n) is 3.30. The van der Waals surface area contributed by atoms with Gasteiger partial charge in [-0.1, -0.05) is 19.1 Å². The third-order valence-electron chi connectivity index (χ3n) is 5.22. The number of H-pyrrole nitrogens is 1. The first-order valence-corrected chi connectivity index (χ1v) is 10.9. The summed E-state index contributed by atoms with van der Waals surface area (Å²) < 4.78 is 6.31. The van der Waals surface area contributed by atoms with E-state index in [0.29, 0.717) is 24.1 Å². The summed E-state index contributed by atoms with van der Waals surface area (Å²) in [7, 11) is 1.48. The number of amides is 2. The first-order valence-electron chi connectivity index (χ1n) is 10.9. The summed E-state index contributed by atoms with van der Waals surface area (Å²) in [5, 5.41) is 2.92. The van der Waals surface area contributed by atoms with Gasteiger partial charge < -0.3 is 15.8 Å². The van der Waals surface area contributed by atoms with Crippen molar-refractivity contribution >= 4 is 29.4 Å². The molecule has 10 nitrogen and oxygen atoms in total. The van der Waals surface area contributed by atoms with Gasteiger partial charge in [-0.05, 0) is 43.0 Å². The van der Waals surface area contributed by atoms with Gasteiger partial charge in [0, 0.05) is 37.9 Å². The van der Waals surface area contributed by atoms with E-state index < -0.39 is 17.2 Å². The van der Waals surface area contributed by atoms with Crippen LogP contribution in [0.4, 0.5) is 11.5 Å². The summed E-state index contributed by atoms with van der Waals surface area (Å²) in [4.78, 5) is 53.2. The number of ether oxygens (including phenoxy) is 1. The molecule has 33 heavy (non-hydrogen) atoms. The highest BCUT2D eigenvalue weighted by Gasteiger charge is 2.24. The molecule has 1 heterocycles. The predicted octanol–water partition coefficient (Wildman–Crippen LogP) is 1.11. The molecule has 0 atom stereocenters. The number of nitrogens with zero attached hydrogens (tertiary/aromatic N) is 2. The summed E-state index contributed by atoms with van der Waals surface area (Å²) >= 11 is 0. The Morgan fingerprint density at radius 1 is 1.27 bits per heavy atom. The van der Waals surface area contributed by atoms with E-state index in [4.69, 9.17) is 10.5 Å². The minimum Gasteiger partial charge on any atom is -0.383 e. The Morgan fingerprint density at radius 2 is 1.97 bits per heavy atom. The third-order valence-corrected chi connectivity index (χ3v) is 5.22. The Morgan fingerprint density at radius 3 is 2.58 bits per heavy atom. The molecule has 1 saturated carbocycles. The first kappa shape index (κ1) is 24.0. The first-order chi connectivity index (χ1) is 15.8. The largest absolute Gasteiger partial charge is 0.383 e. The number of benzene rings is 1. The number of nitrogen functional groups attached to an aromatic ring is 1. The maximum atomic E-state index is 13.0. The van der Waals surface area contributed by atoms with Crippen molar-refractivity contribution in [1.82, 2.24) is 14.9 Å². The van der Waals surface area contributed by atoms with Gasteiger partial charge in [-0.3, -0.25) is 28.8 Å². The zero-order chi connectivity index (χ0) is 24.0. The number of aromatic amines is 1. The summed E-state index contributed by atoms with van der Waals surface area (Å²) in [5.74, 6) is -0.692. The summed E-state index contributed by atoms with van der Waals surface area (Å²) in [5.41, 5.74) is 5.91. The fourth-order valence-corrected chi connectivity index (χ4v) is 3.30. The highest BCUT2D eigenvalue weighted by atomic mass is 16.5. The van der Waals surface area contributed by atoms with Gasteiger partial charge >= 0.3 is 5.69 Å². The van der Waals surface area contributed by atoms with Crippen LogP contribution in [0.15, 0.2) is 39.9 Å². The van der Waals surface area contributed by atoms with E-state index in [2.05, 4.69) is 10.3 Å². The van der Waals surface area contributed by atoms with Gasteiger partial charge in [0.25, 0.3) is 17.4 Å². The van der Waals surface area contributed by atoms with Crippen molar-refractivity contribution in [1.29, 1.82) is 0 Å². The lowest BCUT2D eigenvalue weighted by Gasteiger charge is -2.23. The van der Waals surface area contributed by atoms with E-state index in [0.717, 1.165) is 12.8 Å². The Hall–Kier alpha value is -3.66. The molecule has 0 spiro atoms. The van der Waals surface area contributed by atoms with Gasteiger partial charge in [0.05, 0.1) is 6.61 Å². The zero-order valence-corrected chi connectivity index (χ0v) is 18.8. The minimum atomic E-state index is -0.742. The number of nitrogens with one attached hydrogen (secondary N) is 2. The molecule has 1 aromatic heterocycles. The van der Waals surface area contributed by atoms with Crippen LogP contribution in [0.2, 0.25) is 0 Å². The second-order valence-corrected chi connectivity index (χ2v) is 7.83. The molecule has 0 aliphatic heterocycles. The molecule has 2 amide bonds. The topological polar surface area (TPSA) is 140 Å². The Kier molecular flexibility index (Phi) is 7.83. The van der Waals surface area contributed by atoms with E-state index in [1.165, 1.54) is 22.7 Å². The average Bonchev–Trinajstić information content (AvgIpc) is 3.61. The SMILES string of the molecule is CCCn1c(N)c(N(CCOC)C(=O)/C=C/c2ccc(C(=O)NC3CC3)cc2)c(=O)[nH]c1=O. The maximum Gasteiger partial charge on any atom is 0.330 e. The molecule has 0 unspecified atom stereocenters. The van der Waals surface area contributed by atoms with Gasteiger partial charge in [0.2, 0.25) is 0 Å². The van der Waals surface area contributed by atoms with Crippen LogP contribution in [0, 0.1) is 0 Å². The van der Waals surface area contributed by atoms with Crippen LogP contribution >= 0.6 is 0 Å². The lowest BCUT2D eigenvalue weighted by molar-refractivity contribution is -0.114. The summed E-state index contributed by atoms with van der Waals surface area (Å²) in [6.07, 6.45) is 5.53. The molecule has 2 aromatic rings. The maximum absolute atomic E-state index is 13.0. The highest BCUT2D eigenvalue weighted by Crippen LogP contribution is 2.20. The van der Waals surface area contributed by atoms with Crippen molar-refractivity contribution in [3.8, 4) is 0 Å². The minimum absolute atomic E-state index is 0.0670. The van der Waals surface area contributed by atoms with Crippen LogP contribution in [-0.2, 0) is 16.1 Å². The molecule has 1 fully saturated rings. The number of hydrogen-bond acceptors (Lipinski definition) is 6. The van der Waals surface area contributed by atoms with Crippen molar-refractivity contribution < 1.29 is 14.3 Å². The molecule has 1 aliphatic rings. The number of rotatable bonds is 10. The van der Waals surface area contributed by atoms with Gasteiger partial charge in [0.15, 0.2) is 5.69 Å². The van der Waals surface area contributed by atoms with Crippen LogP contribution in [0.1, 0.15) is 42.1 Å². The van der Waals surface area contributed by atoms with Crippen LogP contribution in [0.3, 0.4) is 0 Å². The fraction of sp³-hybridized carbons (Fsp3) is 0.391.